The normalized spacial score (nSPS) is 9.43. The third-order valence-electron chi connectivity index (χ3n) is 1.68. The second-order valence-electron chi connectivity index (χ2n) is 2.59. The summed E-state index contributed by atoms with van der Waals surface area (Å²) >= 11 is 0. The van der Waals surface area contributed by atoms with Crippen molar-refractivity contribution >= 4 is 18.2 Å². The van der Waals surface area contributed by atoms with E-state index in [2.05, 4.69) is 0 Å². The topological polar surface area (TPSA) is 97.5 Å². The minimum absolute atomic E-state index is 0.108. The van der Waals surface area contributed by atoms with Crippen molar-refractivity contribution < 1.29 is 19.5 Å². The van der Waals surface area contributed by atoms with Gasteiger partial charge in [-0.15, -0.1) is 0 Å². The van der Waals surface area contributed by atoms with E-state index in [0.717, 1.165) is 6.07 Å². The van der Waals surface area contributed by atoms with Crippen LogP contribution in [0, 0.1) is 0 Å². The van der Waals surface area contributed by atoms with Crippen LogP contribution in [0.2, 0.25) is 0 Å². The zero-order valence-corrected chi connectivity index (χ0v) is 7.06. The summed E-state index contributed by atoms with van der Waals surface area (Å²) in [6.45, 7) is 0. The summed E-state index contributed by atoms with van der Waals surface area (Å²) in [7, 11) is 0. The summed E-state index contributed by atoms with van der Waals surface area (Å²) in [5, 5.41) is 8.71. The lowest BCUT2D eigenvalue weighted by atomic mass is 10.0. The number of aldehydes is 1. The second kappa shape index (κ2) is 3.69. The van der Waals surface area contributed by atoms with Crippen LogP contribution in [0.1, 0.15) is 31.1 Å². The summed E-state index contributed by atoms with van der Waals surface area (Å²) in [5.41, 5.74) is 4.77. The largest absolute Gasteiger partial charge is 0.478 e. The van der Waals surface area contributed by atoms with Crippen molar-refractivity contribution in [1.29, 1.82) is 0 Å². The molecule has 5 nitrogen and oxygen atoms in total. The first-order valence-corrected chi connectivity index (χ1v) is 3.68. The van der Waals surface area contributed by atoms with Crippen molar-refractivity contribution in [3.8, 4) is 0 Å². The highest BCUT2D eigenvalue weighted by Crippen LogP contribution is 2.10. The zero-order valence-electron chi connectivity index (χ0n) is 7.06. The van der Waals surface area contributed by atoms with E-state index in [0.29, 0.717) is 6.29 Å². The summed E-state index contributed by atoms with van der Waals surface area (Å²) in [5.74, 6) is -2.12. The summed E-state index contributed by atoms with van der Waals surface area (Å²) < 4.78 is 0. The molecule has 1 amide bonds. The molecule has 1 aromatic rings. The first kappa shape index (κ1) is 9.91. The molecule has 1 aromatic carbocycles. The first-order valence-electron chi connectivity index (χ1n) is 3.68. The van der Waals surface area contributed by atoms with Gasteiger partial charge in [-0.3, -0.25) is 9.59 Å². The molecule has 1 rings (SSSR count). The van der Waals surface area contributed by atoms with Gasteiger partial charge < -0.3 is 10.8 Å². The molecule has 0 heterocycles. The van der Waals surface area contributed by atoms with Crippen LogP contribution in [0.5, 0.6) is 0 Å². The van der Waals surface area contributed by atoms with Gasteiger partial charge >= 0.3 is 5.97 Å². The van der Waals surface area contributed by atoms with Crippen LogP contribution in [-0.2, 0) is 0 Å². The number of aromatic carboxylic acids is 1. The van der Waals surface area contributed by atoms with Gasteiger partial charge in [0, 0.05) is 5.56 Å². The van der Waals surface area contributed by atoms with Crippen LogP contribution in [0.15, 0.2) is 18.2 Å². The molecule has 0 spiro atoms. The van der Waals surface area contributed by atoms with E-state index in [-0.39, 0.29) is 16.7 Å². The molecule has 0 aliphatic heterocycles. The molecule has 0 fully saturated rings. The van der Waals surface area contributed by atoms with E-state index >= 15 is 0 Å². The molecule has 5 heteroatoms. The molecule has 0 unspecified atom stereocenters. The van der Waals surface area contributed by atoms with Crippen LogP contribution >= 0.6 is 0 Å². The van der Waals surface area contributed by atoms with Crippen LogP contribution in [0.3, 0.4) is 0 Å². The average molecular weight is 193 g/mol. The van der Waals surface area contributed by atoms with Gasteiger partial charge in [0.25, 0.3) is 0 Å². The van der Waals surface area contributed by atoms with Crippen molar-refractivity contribution in [2.75, 3.05) is 0 Å². The third-order valence-corrected chi connectivity index (χ3v) is 1.68. The lowest BCUT2D eigenvalue weighted by Gasteiger charge is -2.01. The second-order valence-corrected chi connectivity index (χ2v) is 2.59. The molecule has 0 saturated carbocycles. The Kier molecular flexibility index (Phi) is 2.62. The quantitative estimate of drug-likeness (QED) is 0.674. The van der Waals surface area contributed by atoms with Crippen molar-refractivity contribution in [3.05, 3.63) is 34.9 Å². The molecular formula is C9H7NO4. The van der Waals surface area contributed by atoms with E-state index in [1.165, 1.54) is 12.1 Å². The number of primary amides is 1. The number of hydrogen-bond acceptors (Lipinski definition) is 3. The van der Waals surface area contributed by atoms with Gasteiger partial charge in [-0.25, -0.2) is 4.79 Å². The predicted molar refractivity (Wildman–Crippen MR) is 47.3 cm³/mol. The van der Waals surface area contributed by atoms with Crippen LogP contribution in [0.25, 0.3) is 0 Å². The van der Waals surface area contributed by atoms with Crippen molar-refractivity contribution in [2.45, 2.75) is 0 Å². The molecule has 0 radical (unpaired) electrons. The fourth-order valence-corrected chi connectivity index (χ4v) is 1.03. The Hall–Kier alpha value is -2.17. The Bertz CT molecular complexity index is 411. The standard InChI is InChI=1S/C9H7NO4/c10-8(12)6-2-1-5(4-11)3-7(6)9(13)14/h1-4H,(H2,10,12)(H,13,14). The van der Waals surface area contributed by atoms with Crippen molar-refractivity contribution in [2.24, 2.45) is 5.73 Å². The number of hydrogen-bond donors (Lipinski definition) is 2. The highest BCUT2D eigenvalue weighted by Gasteiger charge is 2.14. The van der Waals surface area contributed by atoms with E-state index in [4.69, 9.17) is 10.8 Å². The van der Waals surface area contributed by atoms with E-state index in [9.17, 15) is 14.4 Å². The van der Waals surface area contributed by atoms with Crippen molar-refractivity contribution in [1.82, 2.24) is 0 Å². The van der Waals surface area contributed by atoms with Gasteiger partial charge in [-0.05, 0) is 12.1 Å². The smallest absolute Gasteiger partial charge is 0.336 e. The molecule has 72 valence electrons. The molecule has 0 aliphatic rings. The van der Waals surface area contributed by atoms with Crippen LogP contribution < -0.4 is 5.73 Å². The van der Waals surface area contributed by atoms with Gasteiger partial charge in [0.05, 0.1) is 11.1 Å². The van der Waals surface area contributed by atoms with Crippen molar-refractivity contribution in [3.63, 3.8) is 0 Å². The number of carboxylic acid groups (broad SMARTS) is 1. The predicted octanol–water partition coefficient (Wildman–Crippen LogP) is 0.296. The lowest BCUT2D eigenvalue weighted by molar-refractivity contribution is 0.0692. The number of nitrogens with two attached hydrogens (primary N) is 1. The molecular weight excluding hydrogens is 186 g/mol. The zero-order chi connectivity index (χ0) is 10.7. The Morgan fingerprint density at radius 3 is 2.36 bits per heavy atom. The Morgan fingerprint density at radius 2 is 1.93 bits per heavy atom. The lowest BCUT2D eigenvalue weighted by Crippen LogP contribution is -2.16. The summed E-state index contributed by atoms with van der Waals surface area (Å²) in [4.78, 5) is 31.8. The minimum Gasteiger partial charge on any atom is -0.478 e. The maximum atomic E-state index is 10.8. The number of amides is 1. The number of rotatable bonds is 3. The third kappa shape index (κ3) is 1.77. The van der Waals surface area contributed by atoms with Gasteiger partial charge in [-0.2, -0.15) is 0 Å². The molecule has 0 aromatic heterocycles. The number of carbonyl (C=O) groups excluding carboxylic acids is 2. The fourth-order valence-electron chi connectivity index (χ4n) is 1.03. The van der Waals surface area contributed by atoms with E-state index in [1.807, 2.05) is 0 Å². The van der Waals surface area contributed by atoms with Gasteiger partial charge in [0.1, 0.15) is 6.29 Å². The molecule has 0 atom stereocenters. The molecule has 3 N–H and O–H groups in total. The SMILES string of the molecule is NC(=O)c1ccc(C=O)cc1C(=O)O. The Labute approximate surface area is 79.1 Å². The maximum Gasteiger partial charge on any atom is 0.336 e. The monoisotopic (exact) mass is 193 g/mol. The van der Waals surface area contributed by atoms with Gasteiger partial charge in [-0.1, -0.05) is 6.07 Å². The average Bonchev–Trinajstić information content (AvgIpc) is 2.16. The first-order chi connectivity index (χ1) is 6.56. The number of carboxylic acids is 1. The summed E-state index contributed by atoms with van der Waals surface area (Å²) in [6, 6.07) is 3.66. The van der Waals surface area contributed by atoms with Crippen LogP contribution in [0.4, 0.5) is 0 Å². The molecule has 14 heavy (non-hydrogen) atoms. The highest BCUT2D eigenvalue weighted by molar-refractivity contribution is 6.05. The number of benzene rings is 1. The van der Waals surface area contributed by atoms with Crippen LogP contribution in [-0.4, -0.2) is 23.3 Å². The molecule has 0 aliphatic carbocycles. The minimum atomic E-state index is -1.29. The fraction of sp³-hybridized carbons (Fsp3) is 0. The molecule has 0 saturated heterocycles. The number of carbonyl (C=O) groups is 3. The van der Waals surface area contributed by atoms with E-state index in [1.54, 1.807) is 0 Å². The maximum absolute atomic E-state index is 10.8. The molecule has 0 bridgehead atoms. The van der Waals surface area contributed by atoms with E-state index < -0.39 is 11.9 Å². The highest BCUT2D eigenvalue weighted by atomic mass is 16.4. The summed E-state index contributed by atoms with van der Waals surface area (Å²) in [6.07, 6.45) is 0.497. The van der Waals surface area contributed by atoms with Gasteiger partial charge in [0.15, 0.2) is 0 Å². The van der Waals surface area contributed by atoms with Gasteiger partial charge in [0.2, 0.25) is 5.91 Å². The Morgan fingerprint density at radius 1 is 1.29 bits per heavy atom. The Balaban J connectivity index is 3.38.